The van der Waals surface area contributed by atoms with Crippen LogP contribution in [-0.4, -0.2) is 43.3 Å². The monoisotopic (exact) mass is 308 g/mol. The second kappa shape index (κ2) is 5.51. The molecule has 0 amide bonds. The largest absolute Gasteiger partial charge is 0.468 e. The van der Waals surface area contributed by atoms with Gasteiger partial charge in [0.2, 0.25) is 5.16 Å². The van der Waals surface area contributed by atoms with E-state index in [-0.39, 0.29) is 6.54 Å². The van der Waals surface area contributed by atoms with E-state index in [9.17, 15) is 4.79 Å². The first-order valence-corrected chi connectivity index (χ1v) is 7.16. The van der Waals surface area contributed by atoms with Gasteiger partial charge < -0.3 is 4.74 Å². The molecule has 3 aromatic heterocycles. The van der Waals surface area contributed by atoms with Crippen LogP contribution in [0.4, 0.5) is 0 Å². The standard InChI is InChI=1S/C10H8N6O2S2/c1-18-7(17)4-16-10(13-14-15-16)20-9-8-6(2-3-19-8)11-5-12-9/h2-3,5H,4H2,1H3. The molecule has 102 valence electrons. The van der Waals surface area contributed by atoms with E-state index < -0.39 is 5.97 Å². The van der Waals surface area contributed by atoms with E-state index in [2.05, 4.69) is 30.2 Å². The molecule has 0 aromatic carbocycles. The molecule has 0 fully saturated rings. The van der Waals surface area contributed by atoms with Gasteiger partial charge >= 0.3 is 5.97 Å². The highest BCUT2D eigenvalue weighted by Crippen LogP contribution is 2.32. The first-order valence-electron chi connectivity index (χ1n) is 5.47. The minimum atomic E-state index is -0.414. The van der Waals surface area contributed by atoms with Crippen LogP contribution in [0.25, 0.3) is 10.2 Å². The SMILES string of the molecule is COC(=O)Cn1nnnc1Sc1ncnc2ccsc12. The first kappa shape index (κ1) is 12.9. The smallest absolute Gasteiger partial charge is 0.327 e. The van der Waals surface area contributed by atoms with E-state index in [0.717, 1.165) is 15.2 Å². The van der Waals surface area contributed by atoms with Crippen molar-refractivity contribution >= 4 is 39.3 Å². The number of thiophene rings is 1. The zero-order valence-corrected chi connectivity index (χ0v) is 11.9. The molecule has 0 saturated carbocycles. The number of fused-ring (bicyclic) bond motifs is 1. The Hall–Kier alpha value is -2.07. The van der Waals surface area contributed by atoms with Crippen LogP contribution in [0.3, 0.4) is 0 Å². The number of rotatable bonds is 4. The highest BCUT2D eigenvalue weighted by Gasteiger charge is 2.15. The predicted octanol–water partition coefficient (Wildman–Crippen LogP) is 1.00. The van der Waals surface area contributed by atoms with Crippen molar-refractivity contribution in [2.24, 2.45) is 0 Å². The van der Waals surface area contributed by atoms with E-state index in [1.165, 1.54) is 29.9 Å². The van der Waals surface area contributed by atoms with Crippen LogP contribution in [0.15, 0.2) is 28.0 Å². The van der Waals surface area contributed by atoms with Gasteiger partial charge in [0.1, 0.15) is 17.9 Å². The van der Waals surface area contributed by atoms with Gasteiger partial charge in [-0.15, -0.1) is 16.4 Å². The lowest BCUT2D eigenvalue weighted by Crippen LogP contribution is -2.13. The van der Waals surface area contributed by atoms with Gasteiger partial charge in [0.15, 0.2) is 0 Å². The summed E-state index contributed by atoms with van der Waals surface area (Å²) >= 11 is 2.83. The quantitative estimate of drug-likeness (QED) is 0.520. The molecule has 20 heavy (non-hydrogen) atoms. The summed E-state index contributed by atoms with van der Waals surface area (Å²) in [7, 11) is 1.32. The molecule has 0 aliphatic heterocycles. The van der Waals surface area contributed by atoms with Crippen molar-refractivity contribution in [2.45, 2.75) is 16.7 Å². The van der Waals surface area contributed by atoms with Crippen molar-refractivity contribution in [3.8, 4) is 0 Å². The number of aromatic nitrogens is 6. The highest BCUT2D eigenvalue weighted by atomic mass is 32.2. The fourth-order valence-electron chi connectivity index (χ4n) is 1.48. The Kier molecular flexibility index (Phi) is 3.56. The molecule has 3 aromatic rings. The van der Waals surface area contributed by atoms with Gasteiger partial charge in [0.05, 0.1) is 17.3 Å². The number of hydrogen-bond donors (Lipinski definition) is 0. The molecule has 3 heterocycles. The molecule has 0 aliphatic carbocycles. The van der Waals surface area contributed by atoms with Gasteiger partial charge in [0.25, 0.3) is 0 Å². The summed E-state index contributed by atoms with van der Waals surface area (Å²) in [6.45, 7) is -0.0372. The summed E-state index contributed by atoms with van der Waals surface area (Å²) in [6, 6.07) is 1.92. The van der Waals surface area contributed by atoms with Crippen LogP contribution in [0.2, 0.25) is 0 Å². The van der Waals surface area contributed by atoms with Crippen molar-refractivity contribution in [1.29, 1.82) is 0 Å². The highest BCUT2D eigenvalue weighted by molar-refractivity contribution is 7.99. The van der Waals surface area contributed by atoms with Crippen molar-refractivity contribution in [3.63, 3.8) is 0 Å². The maximum absolute atomic E-state index is 11.3. The van der Waals surface area contributed by atoms with Crippen LogP contribution >= 0.6 is 23.1 Å². The van der Waals surface area contributed by atoms with Crippen LogP contribution in [0.1, 0.15) is 0 Å². The minimum absolute atomic E-state index is 0.0372. The van der Waals surface area contributed by atoms with Crippen LogP contribution in [0.5, 0.6) is 0 Å². The van der Waals surface area contributed by atoms with Crippen LogP contribution in [-0.2, 0) is 16.1 Å². The van der Waals surface area contributed by atoms with Gasteiger partial charge in [0, 0.05) is 0 Å². The van der Waals surface area contributed by atoms with Gasteiger partial charge in [-0.3, -0.25) is 4.79 Å². The molecule has 0 unspecified atom stereocenters. The van der Waals surface area contributed by atoms with Crippen LogP contribution < -0.4 is 0 Å². The number of ether oxygens (including phenoxy) is 1. The number of tetrazole rings is 1. The van der Waals surface area contributed by atoms with E-state index in [4.69, 9.17) is 0 Å². The molecule has 0 spiro atoms. The number of nitrogens with zero attached hydrogens (tertiary/aromatic N) is 6. The summed E-state index contributed by atoms with van der Waals surface area (Å²) in [6.07, 6.45) is 1.49. The number of methoxy groups -OCH3 is 1. The van der Waals surface area contributed by atoms with Crippen molar-refractivity contribution in [1.82, 2.24) is 30.2 Å². The van der Waals surface area contributed by atoms with Gasteiger partial charge in [-0.1, -0.05) is 0 Å². The van der Waals surface area contributed by atoms with E-state index in [1.807, 2.05) is 11.4 Å². The molecule has 0 bridgehead atoms. The lowest BCUT2D eigenvalue weighted by atomic mass is 10.5. The molecular formula is C10H8N6O2S2. The number of hydrogen-bond acceptors (Lipinski definition) is 9. The third kappa shape index (κ3) is 2.47. The maximum Gasteiger partial charge on any atom is 0.327 e. The second-order valence-corrected chi connectivity index (χ2v) is 5.48. The predicted molar refractivity (Wildman–Crippen MR) is 71.4 cm³/mol. The average Bonchev–Trinajstić information content (AvgIpc) is 3.09. The third-order valence-electron chi connectivity index (χ3n) is 2.40. The van der Waals surface area contributed by atoms with E-state index in [0.29, 0.717) is 5.16 Å². The summed E-state index contributed by atoms with van der Waals surface area (Å²) < 4.78 is 6.93. The topological polar surface area (TPSA) is 95.7 Å². The summed E-state index contributed by atoms with van der Waals surface area (Å²) in [5.41, 5.74) is 0.875. The second-order valence-electron chi connectivity index (χ2n) is 3.61. The first-order chi connectivity index (χ1) is 9.78. The lowest BCUT2D eigenvalue weighted by molar-refractivity contribution is -0.141. The molecule has 3 rings (SSSR count). The Morgan fingerprint density at radius 2 is 2.40 bits per heavy atom. The molecule has 0 saturated heterocycles. The zero-order chi connectivity index (χ0) is 13.9. The molecular weight excluding hydrogens is 300 g/mol. The molecule has 8 nitrogen and oxygen atoms in total. The van der Waals surface area contributed by atoms with Crippen LogP contribution in [0, 0.1) is 0 Å². The Morgan fingerprint density at radius 3 is 3.25 bits per heavy atom. The normalized spacial score (nSPS) is 10.8. The minimum Gasteiger partial charge on any atom is -0.468 e. The Labute approximate surface area is 121 Å². The van der Waals surface area contributed by atoms with Gasteiger partial charge in [-0.2, -0.15) is 0 Å². The fourth-order valence-corrected chi connectivity index (χ4v) is 3.23. The molecule has 0 radical (unpaired) electrons. The summed E-state index contributed by atoms with van der Waals surface area (Å²) in [5, 5.41) is 14.4. The number of carbonyl (C=O) groups is 1. The van der Waals surface area contributed by atoms with E-state index in [1.54, 1.807) is 11.3 Å². The maximum atomic E-state index is 11.3. The Bertz CT molecular complexity index is 755. The third-order valence-corrected chi connectivity index (χ3v) is 4.42. The molecule has 0 N–H and O–H groups in total. The Balaban J connectivity index is 1.90. The molecule has 0 aliphatic rings. The van der Waals surface area contributed by atoms with Gasteiger partial charge in [-0.25, -0.2) is 14.6 Å². The zero-order valence-electron chi connectivity index (χ0n) is 10.3. The summed E-state index contributed by atoms with van der Waals surface area (Å²) in [4.78, 5) is 19.7. The van der Waals surface area contributed by atoms with Crippen molar-refractivity contribution in [3.05, 3.63) is 17.8 Å². The van der Waals surface area contributed by atoms with Crippen molar-refractivity contribution in [2.75, 3.05) is 7.11 Å². The number of esters is 1. The average molecular weight is 308 g/mol. The van der Waals surface area contributed by atoms with Gasteiger partial charge in [-0.05, 0) is 33.6 Å². The summed E-state index contributed by atoms with van der Waals surface area (Å²) in [5.74, 6) is -0.414. The lowest BCUT2D eigenvalue weighted by Gasteiger charge is -2.02. The fraction of sp³-hybridized carbons (Fsp3) is 0.200. The molecule has 0 atom stereocenters. The number of carbonyl (C=O) groups excluding carboxylic acids is 1. The Morgan fingerprint density at radius 1 is 1.50 bits per heavy atom. The van der Waals surface area contributed by atoms with Crippen molar-refractivity contribution < 1.29 is 9.53 Å². The van der Waals surface area contributed by atoms with E-state index >= 15 is 0 Å². The molecule has 10 heteroatoms.